The van der Waals surface area contributed by atoms with Crippen LogP contribution in [0.25, 0.3) is 0 Å². The Labute approximate surface area is 79.5 Å². The van der Waals surface area contributed by atoms with Crippen molar-refractivity contribution in [3.05, 3.63) is 28.2 Å². The van der Waals surface area contributed by atoms with Gasteiger partial charge in [0.05, 0.1) is 0 Å². The van der Waals surface area contributed by atoms with Gasteiger partial charge in [0.1, 0.15) is 0 Å². The van der Waals surface area contributed by atoms with Gasteiger partial charge in [-0.2, -0.15) is 0 Å². The van der Waals surface area contributed by atoms with Gasteiger partial charge >= 0.3 is 0 Å². The molecule has 0 saturated heterocycles. The summed E-state index contributed by atoms with van der Waals surface area (Å²) in [4.78, 5) is 1.25. The van der Waals surface area contributed by atoms with Gasteiger partial charge in [-0.05, 0) is 24.0 Å². The van der Waals surface area contributed by atoms with Gasteiger partial charge < -0.3 is 5.73 Å². The van der Waals surface area contributed by atoms with Crippen molar-refractivity contribution >= 4 is 27.7 Å². The van der Waals surface area contributed by atoms with Crippen LogP contribution in [0.4, 0.5) is 0 Å². The minimum Gasteiger partial charge on any atom is -0.326 e. The number of halogens is 1. The topological polar surface area (TPSA) is 26.0 Å². The third kappa shape index (κ3) is 2.22. The zero-order valence-electron chi connectivity index (χ0n) is 6.30. The summed E-state index contributed by atoms with van der Waals surface area (Å²) in [6.07, 6.45) is 2.06. The van der Waals surface area contributed by atoms with E-state index in [1.165, 1.54) is 10.5 Å². The molecule has 0 radical (unpaired) electrons. The summed E-state index contributed by atoms with van der Waals surface area (Å²) in [6, 6.07) is 6.16. The molecule has 1 aromatic carbocycles. The molecule has 0 aromatic heterocycles. The molecular weight excluding hydrogens is 222 g/mol. The molecule has 2 N–H and O–H groups in total. The van der Waals surface area contributed by atoms with E-state index in [2.05, 4.69) is 34.3 Å². The molecule has 1 aromatic rings. The number of rotatable bonds is 2. The highest BCUT2D eigenvalue weighted by molar-refractivity contribution is 9.10. The van der Waals surface area contributed by atoms with Crippen LogP contribution in [-0.2, 0) is 6.54 Å². The van der Waals surface area contributed by atoms with E-state index in [4.69, 9.17) is 5.73 Å². The Kier molecular flexibility index (Phi) is 3.43. The van der Waals surface area contributed by atoms with Gasteiger partial charge in [0.15, 0.2) is 0 Å². The van der Waals surface area contributed by atoms with Crippen LogP contribution in [0.1, 0.15) is 5.56 Å². The predicted octanol–water partition coefficient (Wildman–Crippen LogP) is 2.63. The lowest BCUT2D eigenvalue weighted by atomic mass is 10.2. The minimum atomic E-state index is 0.615. The van der Waals surface area contributed by atoms with Crippen LogP contribution in [0.5, 0.6) is 0 Å². The van der Waals surface area contributed by atoms with Crippen LogP contribution in [0.15, 0.2) is 27.6 Å². The van der Waals surface area contributed by atoms with Crippen LogP contribution in [0.3, 0.4) is 0 Å². The number of nitrogens with two attached hydrogens (primary N) is 1. The molecule has 0 amide bonds. The summed E-state index contributed by atoms with van der Waals surface area (Å²) < 4.78 is 1.11. The Bertz CT molecular complexity index is 250. The van der Waals surface area contributed by atoms with E-state index in [1.54, 1.807) is 11.8 Å². The second kappa shape index (κ2) is 4.14. The molecule has 0 atom stereocenters. The van der Waals surface area contributed by atoms with Crippen LogP contribution >= 0.6 is 27.7 Å². The van der Waals surface area contributed by atoms with E-state index in [1.807, 2.05) is 6.07 Å². The van der Waals surface area contributed by atoms with Crippen molar-refractivity contribution in [2.45, 2.75) is 11.4 Å². The van der Waals surface area contributed by atoms with Crippen LogP contribution in [0.2, 0.25) is 0 Å². The van der Waals surface area contributed by atoms with Gasteiger partial charge in [0.2, 0.25) is 0 Å². The lowest BCUT2D eigenvalue weighted by Gasteiger charge is -2.04. The second-order valence-electron chi connectivity index (χ2n) is 2.16. The molecular formula is C8H10BrNS. The van der Waals surface area contributed by atoms with Crippen LogP contribution < -0.4 is 5.73 Å². The molecule has 3 heteroatoms. The third-order valence-corrected chi connectivity index (χ3v) is 2.78. The molecule has 0 aliphatic carbocycles. The van der Waals surface area contributed by atoms with Gasteiger partial charge in [-0.25, -0.2) is 0 Å². The molecule has 11 heavy (non-hydrogen) atoms. The fourth-order valence-electron chi connectivity index (χ4n) is 0.887. The highest BCUT2D eigenvalue weighted by atomic mass is 79.9. The number of hydrogen-bond donors (Lipinski definition) is 1. The standard InChI is InChI=1S/C8H10BrNS/c1-11-8-4-7(9)3-2-6(8)5-10/h2-4H,5,10H2,1H3. The first-order chi connectivity index (χ1) is 5.27. The molecule has 60 valence electrons. The van der Waals surface area contributed by atoms with Crippen LogP contribution in [0, 0.1) is 0 Å². The maximum absolute atomic E-state index is 5.55. The van der Waals surface area contributed by atoms with Gasteiger partial charge in [0.25, 0.3) is 0 Å². The summed E-state index contributed by atoms with van der Waals surface area (Å²) in [5, 5.41) is 0. The van der Waals surface area contributed by atoms with E-state index in [9.17, 15) is 0 Å². The van der Waals surface area contributed by atoms with E-state index < -0.39 is 0 Å². The smallest absolute Gasteiger partial charge is 0.0189 e. The summed E-state index contributed by atoms with van der Waals surface area (Å²) in [6.45, 7) is 0.615. The zero-order chi connectivity index (χ0) is 8.27. The third-order valence-electron chi connectivity index (χ3n) is 1.47. The molecule has 1 nitrogen and oxygen atoms in total. The Hall–Kier alpha value is 0.01000. The van der Waals surface area contributed by atoms with Crippen LogP contribution in [-0.4, -0.2) is 6.26 Å². The Balaban J connectivity index is 3.06. The van der Waals surface area contributed by atoms with E-state index >= 15 is 0 Å². The number of hydrogen-bond acceptors (Lipinski definition) is 2. The number of benzene rings is 1. The molecule has 0 unspecified atom stereocenters. The summed E-state index contributed by atoms with van der Waals surface area (Å²) >= 11 is 5.14. The quantitative estimate of drug-likeness (QED) is 0.793. The highest BCUT2D eigenvalue weighted by Gasteiger charge is 1.98. The first-order valence-electron chi connectivity index (χ1n) is 3.30. The number of thioether (sulfide) groups is 1. The fraction of sp³-hybridized carbons (Fsp3) is 0.250. The summed E-state index contributed by atoms with van der Waals surface area (Å²) in [5.74, 6) is 0. The van der Waals surface area contributed by atoms with Gasteiger partial charge in [-0.1, -0.05) is 22.0 Å². The average Bonchev–Trinajstić information content (AvgIpc) is 2.04. The van der Waals surface area contributed by atoms with Crippen molar-refractivity contribution in [1.29, 1.82) is 0 Å². The zero-order valence-corrected chi connectivity index (χ0v) is 8.71. The Morgan fingerprint density at radius 2 is 2.27 bits per heavy atom. The normalized spacial score (nSPS) is 10.1. The van der Waals surface area contributed by atoms with Crippen molar-refractivity contribution in [3.63, 3.8) is 0 Å². The predicted molar refractivity (Wildman–Crippen MR) is 53.8 cm³/mol. The molecule has 0 saturated carbocycles. The summed E-state index contributed by atoms with van der Waals surface area (Å²) in [5.41, 5.74) is 6.76. The molecule has 1 rings (SSSR count). The van der Waals surface area contributed by atoms with Crippen molar-refractivity contribution in [1.82, 2.24) is 0 Å². The Morgan fingerprint density at radius 1 is 1.55 bits per heavy atom. The molecule has 0 aliphatic rings. The summed E-state index contributed by atoms with van der Waals surface area (Å²) in [7, 11) is 0. The molecule has 0 aliphatic heterocycles. The van der Waals surface area contributed by atoms with Gasteiger partial charge in [-0.3, -0.25) is 0 Å². The maximum atomic E-state index is 5.55. The van der Waals surface area contributed by atoms with Gasteiger partial charge in [0, 0.05) is 15.9 Å². The molecule has 0 spiro atoms. The lowest BCUT2D eigenvalue weighted by molar-refractivity contribution is 1.03. The van der Waals surface area contributed by atoms with Crippen molar-refractivity contribution in [2.24, 2.45) is 5.73 Å². The van der Waals surface area contributed by atoms with Crippen molar-refractivity contribution in [2.75, 3.05) is 6.26 Å². The molecule has 0 fully saturated rings. The first-order valence-corrected chi connectivity index (χ1v) is 5.32. The maximum Gasteiger partial charge on any atom is 0.0189 e. The Morgan fingerprint density at radius 3 is 2.82 bits per heavy atom. The second-order valence-corrected chi connectivity index (χ2v) is 3.92. The largest absolute Gasteiger partial charge is 0.326 e. The van der Waals surface area contributed by atoms with E-state index in [-0.39, 0.29) is 0 Å². The highest BCUT2D eigenvalue weighted by Crippen LogP contribution is 2.23. The van der Waals surface area contributed by atoms with Crippen molar-refractivity contribution in [3.8, 4) is 0 Å². The monoisotopic (exact) mass is 231 g/mol. The molecule has 0 heterocycles. The van der Waals surface area contributed by atoms with E-state index in [0.29, 0.717) is 6.54 Å². The lowest BCUT2D eigenvalue weighted by Crippen LogP contribution is -1.97. The van der Waals surface area contributed by atoms with Gasteiger partial charge in [-0.15, -0.1) is 11.8 Å². The average molecular weight is 232 g/mol. The minimum absolute atomic E-state index is 0.615. The first kappa shape index (κ1) is 9.10. The SMILES string of the molecule is CSc1cc(Br)ccc1CN. The molecule has 0 bridgehead atoms. The fourth-order valence-corrected chi connectivity index (χ4v) is 2.06. The van der Waals surface area contributed by atoms with E-state index in [0.717, 1.165) is 4.47 Å². The van der Waals surface area contributed by atoms with Crippen molar-refractivity contribution < 1.29 is 0 Å².